The number of anilines is 1. The van der Waals surface area contributed by atoms with Crippen LogP contribution in [0.1, 0.15) is 6.42 Å². The molecule has 1 rings (SSSR count). The number of thiophene rings is 1. The maximum Gasteiger partial charge on any atom is 0.304 e. The van der Waals surface area contributed by atoms with Crippen molar-refractivity contribution in [1.29, 1.82) is 0 Å². The zero-order chi connectivity index (χ0) is 14.5. The Kier molecular flexibility index (Phi) is 5.66. The number of hydrogen-bond donors (Lipinski definition) is 2. The third-order valence-corrected chi connectivity index (χ3v) is 5.27. The van der Waals surface area contributed by atoms with Crippen molar-refractivity contribution in [1.82, 2.24) is 4.72 Å². The van der Waals surface area contributed by atoms with Crippen molar-refractivity contribution < 1.29 is 18.1 Å². The van der Waals surface area contributed by atoms with Crippen LogP contribution < -0.4 is 10.0 Å². The van der Waals surface area contributed by atoms with Crippen molar-refractivity contribution in [2.24, 2.45) is 0 Å². The lowest BCUT2D eigenvalue weighted by atomic mass is 10.5. The summed E-state index contributed by atoms with van der Waals surface area (Å²) in [6.45, 7) is 0.658. The Labute approximate surface area is 115 Å². The summed E-state index contributed by atoms with van der Waals surface area (Å²) in [5.74, 6) is 0. The summed E-state index contributed by atoms with van der Waals surface area (Å²) in [6.07, 6.45) is 0.530. The van der Waals surface area contributed by atoms with Crippen LogP contribution in [0.4, 0.5) is 10.7 Å². The second kappa shape index (κ2) is 6.80. The maximum absolute atomic E-state index is 11.9. The van der Waals surface area contributed by atoms with E-state index in [-0.39, 0.29) is 21.4 Å². The summed E-state index contributed by atoms with van der Waals surface area (Å²) in [7, 11) is -0.692. The molecule has 0 fully saturated rings. The average molecular weight is 309 g/mol. The van der Waals surface area contributed by atoms with Gasteiger partial charge in [-0.1, -0.05) is 11.3 Å². The van der Waals surface area contributed by atoms with Crippen molar-refractivity contribution in [3.63, 3.8) is 0 Å². The highest BCUT2D eigenvalue weighted by molar-refractivity contribution is 7.91. The quantitative estimate of drug-likeness (QED) is 0.421. The number of nitrogens with zero attached hydrogens (tertiary/aromatic N) is 1. The van der Waals surface area contributed by atoms with Gasteiger partial charge >= 0.3 is 5.69 Å². The van der Waals surface area contributed by atoms with E-state index >= 15 is 0 Å². The van der Waals surface area contributed by atoms with Gasteiger partial charge in [0.25, 0.3) is 0 Å². The molecule has 0 amide bonds. The van der Waals surface area contributed by atoms with E-state index in [1.165, 1.54) is 14.2 Å². The zero-order valence-corrected chi connectivity index (χ0v) is 12.1. The van der Waals surface area contributed by atoms with Gasteiger partial charge in [0.15, 0.2) is 5.00 Å². The highest BCUT2D eigenvalue weighted by Gasteiger charge is 2.25. The molecule has 0 aliphatic heterocycles. The Balaban J connectivity index is 2.86. The Morgan fingerprint density at radius 1 is 1.53 bits per heavy atom. The molecule has 8 nitrogen and oxygen atoms in total. The molecule has 0 bridgehead atoms. The Morgan fingerprint density at radius 3 is 2.68 bits per heavy atom. The molecule has 0 spiro atoms. The Bertz CT molecular complexity index is 540. The number of rotatable bonds is 8. The van der Waals surface area contributed by atoms with Gasteiger partial charge in [-0.05, 0) is 6.42 Å². The lowest BCUT2D eigenvalue weighted by Crippen LogP contribution is -2.24. The molecule has 108 valence electrons. The molecular formula is C9H15N3O5S2. The number of methoxy groups -OCH3 is 1. The van der Waals surface area contributed by atoms with Crippen LogP contribution in [0.25, 0.3) is 0 Å². The van der Waals surface area contributed by atoms with Crippen molar-refractivity contribution in [3.8, 4) is 0 Å². The summed E-state index contributed by atoms with van der Waals surface area (Å²) in [5, 5.41) is 13.6. The molecule has 19 heavy (non-hydrogen) atoms. The van der Waals surface area contributed by atoms with Gasteiger partial charge in [-0.3, -0.25) is 10.1 Å². The number of nitro groups is 1. The molecule has 2 N–H and O–H groups in total. The van der Waals surface area contributed by atoms with E-state index in [1.54, 1.807) is 0 Å². The van der Waals surface area contributed by atoms with Crippen LogP contribution >= 0.6 is 11.3 Å². The first-order valence-electron chi connectivity index (χ1n) is 5.37. The third-order valence-electron chi connectivity index (χ3n) is 2.20. The molecule has 0 atom stereocenters. The average Bonchev–Trinajstić information content (AvgIpc) is 2.79. The molecule has 0 radical (unpaired) electrons. The first kappa shape index (κ1) is 15.8. The molecule has 0 aliphatic rings. The largest absolute Gasteiger partial charge is 0.385 e. The fraction of sp³-hybridized carbons (Fsp3) is 0.556. The minimum atomic E-state index is -3.72. The molecular weight excluding hydrogens is 294 g/mol. The molecule has 10 heteroatoms. The molecule has 1 aromatic heterocycles. The smallest absolute Gasteiger partial charge is 0.304 e. The van der Waals surface area contributed by atoms with Crippen molar-refractivity contribution >= 4 is 32.0 Å². The fourth-order valence-corrected chi connectivity index (χ4v) is 3.70. The minimum absolute atomic E-state index is 0.0824. The summed E-state index contributed by atoms with van der Waals surface area (Å²) < 4.78 is 30.9. The molecule has 1 heterocycles. The molecule has 0 saturated carbocycles. The lowest BCUT2D eigenvalue weighted by molar-refractivity contribution is -0.383. The molecule has 0 aliphatic carbocycles. The predicted octanol–water partition coefficient (Wildman–Crippen LogP) is 1.01. The molecule has 0 unspecified atom stereocenters. The van der Waals surface area contributed by atoms with Crippen LogP contribution in [-0.4, -0.2) is 40.7 Å². The first-order valence-corrected chi connectivity index (χ1v) is 7.67. The standard InChI is InChI=1S/C9H15N3O5S2/c1-10-9-7(12(13)14)6-8(18-9)19(15,16)11-4-3-5-17-2/h6,10-11H,3-5H2,1-2H3. The Morgan fingerprint density at radius 2 is 2.21 bits per heavy atom. The van der Waals surface area contributed by atoms with Crippen molar-refractivity contribution in [3.05, 3.63) is 16.2 Å². The second-order valence-electron chi connectivity index (χ2n) is 3.53. The van der Waals surface area contributed by atoms with E-state index in [1.807, 2.05) is 0 Å². The summed E-state index contributed by atoms with van der Waals surface area (Å²) in [4.78, 5) is 10.1. The van der Waals surface area contributed by atoms with E-state index in [4.69, 9.17) is 4.74 Å². The van der Waals surface area contributed by atoms with Gasteiger partial charge in [-0.25, -0.2) is 13.1 Å². The highest BCUT2D eigenvalue weighted by atomic mass is 32.2. The topological polar surface area (TPSA) is 111 Å². The SMILES string of the molecule is CNc1sc(S(=O)(=O)NCCCOC)cc1[N+](=O)[O-]. The highest BCUT2D eigenvalue weighted by Crippen LogP contribution is 2.36. The van der Waals surface area contributed by atoms with Crippen molar-refractivity contribution in [2.75, 3.05) is 32.6 Å². The number of sulfonamides is 1. The van der Waals surface area contributed by atoms with E-state index in [0.29, 0.717) is 13.0 Å². The maximum atomic E-state index is 11.9. The predicted molar refractivity (Wildman–Crippen MR) is 72.2 cm³/mol. The summed E-state index contributed by atoms with van der Waals surface area (Å²) >= 11 is 0.824. The van der Waals surface area contributed by atoms with Gasteiger partial charge in [0, 0.05) is 33.4 Å². The van der Waals surface area contributed by atoms with Gasteiger partial charge in [0.1, 0.15) is 4.21 Å². The van der Waals surface area contributed by atoms with Crippen LogP contribution in [0.2, 0.25) is 0 Å². The molecule has 1 aromatic rings. The van der Waals surface area contributed by atoms with Crippen LogP contribution in [0.3, 0.4) is 0 Å². The van der Waals surface area contributed by atoms with Gasteiger partial charge < -0.3 is 10.1 Å². The Hall–Kier alpha value is -1.23. The van der Waals surface area contributed by atoms with Crippen LogP contribution in [0, 0.1) is 10.1 Å². The number of nitrogens with one attached hydrogen (secondary N) is 2. The molecule has 0 saturated heterocycles. The normalized spacial score (nSPS) is 11.5. The zero-order valence-electron chi connectivity index (χ0n) is 10.5. The van der Waals surface area contributed by atoms with Gasteiger partial charge in [0.05, 0.1) is 4.92 Å². The first-order chi connectivity index (χ1) is 8.92. The van der Waals surface area contributed by atoms with E-state index < -0.39 is 14.9 Å². The van der Waals surface area contributed by atoms with E-state index in [2.05, 4.69) is 10.0 Å². The summed E-state index contributed by atoms with van der Waals surface area (Å²) in [5.41, 5.74) is -0.246. The van der Waals surface area contributed by atoms with Crippen LogP contribution in [0.5, 0.6) is 0 Å². The van der Waals surface area contributed by atoms with Crippen LogP contribution in [-0.2, 0) is 14.8 Å². The molecule has 0 aromatic carbocycles. The van der Waals surface area contributed by atoms with Gasteiger partial charge in [0.2, 0.25) is 10.0 Å². The van der Waals surface area contributed by atoms with E-state index in [0.717, 1.165) is 17.4 Å². The van der Waals surface area contributed by atoms with Gasteiger partial charge in [-0.2, -0.15) is 0 Å². The number of ether oxygens (including phenoxy) is 1. The fourth-order valence-electron chi connectivity index (χ4n) is 1.30. The van der Waals surface area contributed by atoms with E-state index in [9.17, 15) is 18.5 Å². The van der Waals surface area contributed by atoms with Gasteiger partial charge in [-0.15, -0.1) is 0 Å². The monoisotopic (exact) mass is 309 g/mol. The van der Waals surface area contributed by atoms with Crippen LogP contribution in [0.15, 0.2) is 10.3 Å². The van der Waals surface area contributed by atoms with Crippen molar-refractivity contribution in [2.45, 2.75) is 10.6 Å². The number of hydrogen-bond acceptors (Lipinski definition) is 7. The second-order valence-corrected chi connectivity index (χ2v) is 6.58. The summed E-state index contributed by atoms with van der Waals surface area (Å²) in [6, 6.07) is 1.05. The minimum Gasteiger partial charge on any atom is -0.385 e. The third kappa shape index (κ3) is 4.13. The lowest BCUT2D eigenvalue weighted by Gasteiger charge is -2.03.